The molecule has 0 radical (unpaired) electrons. The number of hydrogen-bond acceptors (Lipinski definition) is 5. The molecule has 1 unspecified atom stereocenters. The first-order chi connectivity index (χ1) is 9.47. The Morgan fingerprint density at radius 1 is 0.800 bits per heavy atom. The van der Waals surface area contributed by atoms with Crippen molar-refractivity contribution >= 4 is 0 Å². The van der Waals surface area contributed by atoms with E-state index < -0.39 is 6.10 Å². The Morgan fingerprint density at radius 2 is 1.35 bits per heavy atom. The van der Waals surface area contributed by atoms with Gasteiger partial charge in [0.05, 0.1) is 11.7 Å². The minimum atomic E-state index is -1.05. The Balaban J connectivity index is 2.09. The molecule has 2 rings (SSSR count). The normalized spacial score (nSPS) is 12.2. The van der Waals surface area contributed by atoms with E-state index in [2.05, 4.69) is 0 Å². The lowest BCUT2D eigenvalue weighted by Crippen LogP contribution is -2.00. The summed E-state index contributed by atoms with van der Waals surface area (Å²) in [6.45, 7) is 0. The minimum Gasteiger partial charge on any atom is -0.508 e. The van der Waals surface area contributed by atoms with E-state index in [4.69, 9.17) is 0 Å². The number of aryl methyl sites for hydroxylation is 1. The summed E-state index contributed by atoms with van der Waals surface area (Å²) < 4.78 is 0. The second kappa shape index (κ2) is 5.71. The average molecular weight is 276 g/mol. The number of aromatic hydroxyl groups is 4. The van der Waals surface area contributed by atoms with Gasteiger partial charge in [-0.25, -0.2) is 0 Å². The van der Waals surface area contributed by atoms with Crippen molar-refractivity contribution in [1.29, 1.82) is 0 Å². The van der Waals surface area contributed by atoms with Crippen LogP contribution < -0.4 is 0 Å². The molecule has 20 heavy (non-hydrogen) atoms. The van der Waals surface area contributed by atoms with Gasteiger partial charge in [0.2, 0.25) is 0 Å². The molecule has 0 saturated heterocycles. The molecule has 5 heteroatoms. The zero-order valence-corrected chi connectivity index (χ0v) is 10.7. The van der Waals surface area contributed by atoms with Gasteiger partial charge in [-0.3, -0.25) is 0 Å². The third-order valence-electron chi connectivity index (χ3n) is 3.10. The number of phenols is 4. The van der Waals surface area contributed by atoms with Gasteiger partial charge in [0.1, 0.15) is 23.0 Å². The summed E-state index contributed by atoms with van der Waals surface area (Å²) in [6, 6.07) is 8.71. The predicted octanol–water partition coefficient (Wildman–Crippen LogP) is 2.18. The summed E-state index contributed by atoms with van der Waals surface area (Å²) in [4.78, 5) is 0. The van der Waals surface area contributed by atoms with Gasteiger partial charge in [-0.1, -0.05) is 12.1 Å². The quantitative estimate of drug-likeness (QED) is 0.589. The van der Waals surface area contributed by atoms with Crippen LogP contribution in [0.2, 0.25) is 0 Å². The zero-order chi connectivity index (χ0) is 14.7. The molecule has 0 aliphatic carbocycles. The summed E-state index contributed by atoms with van der Waals surface area (Å²) >= 11 is 0. The van der Waals surface area contributed by atoms with Crippen LogP contribution in [0.25, 0.3) is 0 Å². The molecule has 5 nitrogen and oxygen atoms in total. The van der Waals surface area contributed by atoms with Crippen molar-refractivity contribution < 1.29 is 25.5 Å². The Hall–Kier alpha value is -2.40. The molecular formula is C15H16O5. The molecule has 2 aromatic rings. The monoisotopic (exact) mass is 276 g/mol. The van der Waals surface area contributed by atoms with Crippen LogP contribution in [0.3, 0.4) is 0 Å². The first-order valence-electron chi connectivity index (χ1n) is 6.18. The molecule has 5 N–H and O–H groups in total. The number of hydrogen-bond donors (Lipinski definition) is 5. The number of rotatable bonds is 4. The van der Waals surface area contributed by atoms with Gasteiger partial charge >= 0.3 is 0 Å². The maximum atomic E-state index is 10.0. The van der Waals surface area contributed by atoms with E-state index in [1.165, 1.54) is 0 Å². The van der Waals surface area contributed by atoms with E-state index in [-0.39, 0.29) is 35.0 Å². The molecule has 0 heterocycles. The molecule has 0 aromatic heterocycles. The molecule has 0 spiro atoms. The van der Waals surface area contributed by atoms with Crippen molar-refractivity contribution in [1.82, 2.24) is 0 Å². The molecule has 0 bridgehead atoms. The summed E-state index contributed by atoms with van der Waals surface area (Å²) in [5, 5.41) is 47.7. The van der Waals surface area contributed by atoms with Crippen LogP contribution in [0, 0.1) is 0 Å². The summed E-state index contributed by atoms with van der Waals surface area (Å²) in [5.41, 5.74) is 0.918. The van der Waals surface area contributed by atoms with Crippen molar-refractivity contribution in [2.45, 2.75) is 18.9 Å². The smallest absolute Gasteiger partial charge is 0.128 e. The summed E-state index contributed by atoms with van der Waals surface area (Å²) in [7, 11) is 0. The van der Waals surface area contributed by atoms with Crippen LogP contribution >= 0.6 is 0 Å². The molecular weight excluding hydrogens is 260 g/mol. The number of benzene rings is 2. The summed E-state index contributed by atoms with van der Waals surface area (Å²) in [5.74, 6) is -0.793. The van der Waals surface area contributed by atoms with E-state index in [0.717, 1.165) is 17.7 Å². The topological polar surface area (TPSA) is 101 Å². The first kappa shape index (κ1) is 14.0. The highest BCUT2D eigenvalue weighted by Gasteiger charge is 2.18. The maximum Gasteiger partial charge on any atom is 0.128 e. The van der Waals surface area contributed by atoms with E-state index in [1.807, 2.05) is 0 Å². The SMILES string of the molecule is Oc1ccc(CCC(O)c2c(O)cc(O)cc2O)cc1. The van der Waals surface area contributed by atoms with E-state index in [0.29, 0.717) is 6.42 Å². The number of aliphatic hydroxyl groups excluding tert-OH is 1. The fourth-order valence-electron chi connectivity index (χ4n) is 2.06. The molecule has 0 aliphatic heterocycles. The highest BCUT2D eigenvalue weighted by molar-refractivity contribution is 5.49. The Morgan fingerprint density at radius 3 is 1.90 bits per heavy atom. The predicted molar refractivity (Wildman–Crippen MR) is 72.8 cm³/mol. The van der Waals surface area contributed by atoms with Gasteiger partial charge in [-0.2, -0.15) is 0 Å². The van der Waals surface area contributed by atoms with Gasteiger partial charge in [0.25, 0.3) is 0 Å². The highest BCUT2D eigenvalue weighted by Crippen LogP contribution is 2.38. The number of phenolic OH excluding ortho intramolecular Hbond substituents is 4. The second-order valence-electron chi connectivity index (χ2n) is 4.62. The molecule has 2 aromatic carbocycles. The molecule has 1 atom stereocenters. The molecule has 106 valence electrons. The van der Waals surface area contributed by atoms with Crippen LogP contribution in [-0.4, -0.2) is 25.5 Å². The summed E-state index contributed by atoms with van der Waals surface area (Å²) in [6.07, 6.45) is -0.248. The molecule has 0 saturated carbocycles. The zero-order valence-electron chi connectivity index (χ0n) is 10.7. The van der Waals surface area contributed by atoms with Crippen LogP contribution in [0.15, 0.2) is 36.4 Å². The van der Waals surface area contributed by atoms with Crippen molar-refractivity contribution in [3.63, 3.8) is 0 Å². The third kappa shape index (κ3) is 3.13. The fraction of sp³-hybridized carbons (Fsp3) is 0.200. The van der Waals surface area contributed by atoms with Crippen LogP contribution in [-0.2, 0) is 6.42 Å². The average Bonchev–Trinajstić information content (AvgIpc) is 2.37. The molecule has 0 fully saturated rings. The van der Waals surface area contributed by atoms with Gasteiger partial charge in [0.15, 0.2) is 0 Å². The second-order valence-corrected chi connectivity index (χ2v) is 4.62. The molecule has 0 amide bonds. The lowest BCUT2D eigenvalue weighted by atomic mass is 9.99. The van der Waals surface area contributed by atoms with Crippen molar-refractivity contribution in [3.8, 4) is 23.0 Å². The van der Waals surface area contributed by atoms with Crippen molar-refractivity contribution in [3.05, 3.63) is 47.5 Å². The first-order valence-corrected chi connectivity index (χ1v) is 6.18. The van der Waals surface area contributed by atoms with Crippen LogP contribution in [0.1, 0.15) is 23.7 Å². The van der Waals surface area contributed by atoms with Gasteiger partial charge < -0.3 is 25.5 Å². The van der Waals surface area contributed by atoms with Crippen molar-refractivity contribution in [2.75, 3.05) is 0 Å². The van der Waals surface area contributed by atoms with Gasteiger partial charge in [0, 0.05) is 12.1 Å². The molecule has 0 aliphatic rings. The van der Waals surface area contributed by atoms with E-state index in [9.17, 15) is 25.5 Å². The Bertz CT molecular complexity index is 569. The van der Waals surface area contributed by atoms with Crippen LogP contribution in [0.5, 0.6) is 23.0 Å². The lowest BCUT2D eigenvalue weighted by Gasteiger charge is -2.14. The fourth-order valence-corrected chi connectivity index (χ4v) is 2.06. The Labute approximate surface area is 116 Å². The van der Waals surface area contributed by atoms with Gasteiger partial charge in [-0.15, -0.1) is 0 Å². The third-order valence-corrected chi connectivity index (χ3v) is 3.10. The maximum absolute atomic E-state index is 10.0. The minimum absolute atomic E-state index is 0.00146. The van der Waals surface area contributed by atoms with Gasteiger partial charge in [-0.05, 0) is 30.5 Å². The highest BCUT2D eigenvalue weighted by atomic mass is 16.3. The number of aliphatic hydroxyl groups is 1. The largest absolute Gasteiger partial charge is 0.508 e. The lowest BCUT2D eigenvalue weighted by molar-refractivity contribution is 0.160. The Kier molecular flexibility index (Phi) is 4.00. The van der Waals surface area contributed by atoms with Crippen LogP contribution in [0.4, 0.5) is 0 Å². The van der Waals surface area contributed by atoms with E-state index >= 15 is 0 Å². The standard InChI is InChI=1S/C15H16O5/c16-10-4-1-9(2-5-10)3-6-12(18)15-13(19)7-11(17)8-14(15)20/h1-2,4-5,7-8,12,16-20H,3,6H2. The van der Waals surface area contributed by atoms with Crippen molar-refractivity contribution in [2.24, 2.45) is 0 Å². The van der Waals surface area contributed by atoms with E-state index in [1.54, 1.807) is 24.3 Å².